The maximum absolute atomic E-state index is 10.8. The van der Waals surface area contributed by atoms with Crippen LogP contribution in [0.25, 0.3) is 0 Å². The van der Waals surface area contributed by atoms with Gasteiger partial charge in [0.1, 0.15) is 19.2 Å². The second kappa shape index (κ2) is 9.54. The van der Waals surface area contributed by atoms with Gasteiger partial charge >= 0.3 is 0 Å². The zero-order valence-corrected chi connectivity index (χ0v) is 17.6. The zero-order valence-electron chi connectivity index (χ0n) is 17.6. The van der Waals surface area contributed by atoms with Crippen molar-refractivity contribution < 1.29 is 14.3 Å². The number of benzene rings is 1. The van der Waals surface area contributed by atoms with Crippen molar-refractivity contribution in [3.8, 4) is 0 Å². The van der Waals surface area contributed by atoms with Crippen LogP contribution in [0.4, 0.5) is 0 Å². The first-order chi connectivity index (χ1) is 13.0. The molecule has 1 aliphatic carbocycles. The second-order valence-corrected chi connectivity index (χ2v) is 9.67. The van der Waals surface area contributed by atoms with Gasteiger partial charge in [-0.15, -0.1) is 0 Å². The summed E-state index contributed by atoms with van der Waals surface area (Å²) in [6, 6.07) is 10.8. The SMILES string of the molecule is CC(C)[C@@H]1CC[C@@H](C)C[C@H]1OC[C@H](O)C[N+]1(Cc2ccccc2)CCCC1. The van der Waals surface area contributed by atoms with Gasteiger partial charge in [-0.2, -0.15) is 0 Å². The number of hydrogen-bond acceptors (Lipinski definition) is 2. The summed E-state index contributed by atoms with van der Waals surface area (Å²) < 4.78 is 7.35. The number of aliphatic hydroxyl groups excluding tert-OH is 1. The van der Waals surface area contributed by atoms with Gasteiger partial charge in [-0.05, 0) is 30.6 Å². The molecule has 0 spiro atoms. The van der Waals surface area contributed by atoms with Crippen molar-refractivity contribution in [3.05, 3.63) is 35.9 Å². The molecule has 4 atom stereocenters. The molecule has 0 bridgehead atoms. The number of aliphatic hydroxyl groups is 1. The van der Waals surface area contributed by atoms with E-state index in [0.717, 1.165) is 29.9 Å². The van der Waals surface area contributed by atoms with E-state index in [4.69, 9.17) is 4.74 Å². The first-order valence-corrected chi connectivity index (χ1v) is 11.2. The predicted molar refractivity (Wildman–Crippen MR) is 111 cm³/mol. The minimum absolute atomic E-state index is 0.324. The molecule has 3 nitrogen and oxygen atoms in total. The van der Waals surface area contributed by atoms with Crippen LogP contribution in [-0.2, 0) is 11.3 Å². The number of rotatable bonds is 8. The van der Waals surface area contributed by atoms with Crippen molar-refractivity contribution in [2.75, 3.05) is 26.2 Å². The predicted octanol–water partition coefficient (Wildman–Crippen LogP) is 4.64. The zero-order chi connectivity index (χ0) is 19.3. The number of ether oxygens (including phenoxy) is 1. The largest absolute Gasteiger partial charge is 0.385 e. The number of likely N-dealkylation sites (tertiary alicyclic amines) is 1. The first-order valence-electron chi connectivity index (χ1n) is 11.2. The molecule has 1 N–H and O–H groups in total. The highest BCUT2D eigenvalue weighted by Crippen LogP contribution is 2.35. The third-order valence-corrected chi connectivity index (χ3v) is 6.94. The van der Waals surface area contributed by atoms with Crippen LogP contribution in [-0.4, -0.2) is 48.0 Å². The molecule has 0 radical (unpaired) electrons. The smallest absolute Gasteiger partial charge is 0.126 e. The summed E-state index contributed by atoms with van der Waals surface area (Å²) in [7, 11) is 0. The van der Waals surface area contributed by atoms with Crippen LogP contribution in [0.15, 0.2) is 30.3 Å². The third kappa shape index (κ3) is 5.79. The Morgan fingerprint density at radius 2 is 1.81 bits per heavy atom. The quantitative estimate of drug-likeness (QED) is 0.672. The van der Waals surface area contributed by atoms with Crippen LogP contribution in [0.5, 0.6) is 0 Å². The molecule has 3 heteroatoms. The summed E-state index contributed by atoms with van der Waals surface area (Å²) in [5.74, 6) is 2.06. The lowest BCUT2D eigenvalue weighted by atomic mass is 9.75. The molecule has 1 aromatic carbocycles. The van der Waals surface area contributed by atoms with Gasteiger partial charge in [0, 0.05) is 18.4 Å². The van der Waals surface area contributed by atoms with Crippen molar-refractivity contribution in [2.45, 2.75) is 71.6 Å². The molecular weight excluding hydrogens is 334 g/mol. The Hall–Kier alpha value is -0.900. The van der Waals surface area contributed by atoms with Gasteiger partial charge in [0.15, 0.2) is 0 Å². The van der Waals surface area contributed by atoms with E-state index in [0.29, 0.717) is 24.5 Å². The van der Waals surface area contributed by atoms with Crippen molar-refractivity contribution in [1.82, 2.24) is 0 Å². The van der Waals surface area contributed by atoms with Crippen molar-refractivity contribution in [3.63, 3.8) is 0 Å². The molecule has 152 valence electrons. The van der Waals surface area contributed by atoms with Gasteiger partial charge in [0.2, 0.25) is 0 Å². The third-order valence-electron chi connectivity index (χ3n) is 6.94. The highest BCUT2D eigenvalue weighted by atomic mass is 16.5. The molecule has 2 aliphatic rings. The van der Waals surface area contributed by atoms with Gasteiger partial charge in [-0.1, -0.05) is 57.5 Å². The lowest BCUT2D eigenvalue weighted by molar-refractivity contribution is -0.932. The minimum atomic E-state index is -0.364. The van der Waals surface area contributed by atoms with Gasteiger partial charge in [0.25, 0.3) is 0 Å². The summed E-state index contributed by atoms with van der Waals surface area (Å²) in [6.45, 7) is 11.7. The lowest BCUT2D eigenvalue weighted by Crippen LogP contribution is -2.50. The summed E-state index contributed by atoms with van der Waals surface area (Å²) in [5.41, 5.74) is 1.38. The Labute approximate surface area is 166 Å². The van der Waals surface area contributed by atoms with Crippen molar-refractivity contribution in [2.24, 2.45) is 17.8 Å². The standard InChI is InChI=1S/C24H40NO2/c1-19(2)23-12-11-20(3)15-24(23)27-18-22(26)17-25(13-7-8-14-25)16-21-9-5-4-6-10-21/h4-6,9-10,19-20,22-24,26H,7-8,11-18H2,1-3H3/q+1/t20-,22-,23+,24-/m1/s1. The van der Waals surface area contributed by atoms with Crippen LogP contribution in [0, 0.1) is 17.8 Å². The van der Waals surface area contributed by atoms with E-state index in [1.54, 1.807) is 0 Å². The number of quaternary nitrogens is 1. The van der Waals surface area contributed by atoms with E-state index in [-0.39, 0.29) is 6.10 Å². The Balaban J connectivity index is 1.55. The maximum atomic E-state index is 10.8. The van der Waals surface area contributed by atoms with Gasteiger partial charge in [-0.3, -0.25) is 0 Å². The number of nitrogens with zero attached hydrogens (tertiary/aromatic N) is 1. The van der Waals surface area contributed by atoms with E-state index >= 15 is 0 Å². The average molecular weight is 375 g/mol. The fraction of sp³-hybridized carbons (Fsp3) is 0.750. The Bertz CT molecular complexity index is 553. The molecule has 3 rings (SSSR count). The molecule has 1 saturated carbocycles. The lowest BCUT2D eigenvalue weighted by Gasteiger charge is -2.39. The van der Waals surface area contributed by atoms with Gasteiger partial charge in [0.05, 0.1) is 25.8 Å². The van der Waals surface area contributed by atoms with E-state index in [2.05, 4.69) is 51.1 Å². The second-order valence-electron chi connectivity index (χ2n) is 9.67. The molecule has 2 fully saturated rings. The summed E-state index contributed by atoms with van der Waals surface area (Å²) in [4.78, 5) is 0. The fourth-order valence-corrected chi connectivity index (χ4v) is 5.42. The van der Waals surface area contributed by atoms with Crippen LogP contribution in [0.1, 0.15) is 58.4 Å². The van der Waals surface area contributed by atoms with E-state index in [9.17, 15) is 5.11 Å². The summed E-state index contributed by atoms with van der Waals surface area (Å²) >= 11 is 0. The monoisotopic (exact) mass is 374 g/mol. The minimum Gasteiger partial charge on any atom is -0.385 e. The van der Waals surface area contributed by atoms with Crippen LogP contribution in [0.3, 0.4) is 0 Å². The Morgan fingerprint density at radius 3 is 2.48 bits per heavy atom. The molecule has 0 amide bonds. The van der Waals surface area contributed by atoms with Crippen molar-refractivity contribution in [1.29, 1.82) is 0 Å². The van der Waals surface area contributed by atoms with Gasteiger partial charge < -0.3 is 14.3 Å². The van der Waals surface area contributed by atoms with Crippen LogP contribution < -0.4 is 0 Å². The Morgan fingerprint density at radius 1 is 1.11 bits per heavy atom. The normalized spacial score (nSPS) is 29.1. The van der Waals surface area contributed by atoms with Gasteiger partial charge in [-0.25, -0.2) is 0 Å². The Kier molecular flexibility index (Phi) is 7.35. The van der Waals surface area contributed by atoms with E-state index in [1.165, 1.54) is 44.3 Å². The van der Waals surface area contributed by atoms with Crippen LogP contribution >= 0.6 is 0 Å². The van der Waals surface area contributed by atoms with Crippen molar-refractivity contribution >= 4 is 0 Å². The van der Waals surface area contributed by atoms with E-state index < -0.39 is 0 Å². The summed E-state index contributed by atoms with van der Waals surface area (Å²) in [6.07, 6.45) is 6.25. The molecule has 1 aromatic rings. The summed E-state index contributed by atoms with van der Waals surface area (Å²) in [5, 5.41) is 10.8. The number of hydrogen-bond donors (Lipinski definition) is 1. The highest BCUT2D eigenvalue weighted by molar-refractivity contribution is 5.13. The molecular formula is C24H40NO2+. The average Bonchev–Trinajstić information content (AvgIpc) is 3.08. The topological polar surface area (TPSA) is 29.5 Å². The molecule has 1 heterocycles. The first kappa shape index (κ1) is 20.8. The van der Waals surface area contributed by atoms with Crippen LogP contribution in [0.2, 0.25) is 0 Å². The molecule has 0 unspecified atom stereocenters. The molecule has 27 heavy (non-hydrogen) atoms. The molecule has 1 saturated heterocycles. The molecule has 1 aliphatic heterocycles. The van der Waals surface area contributed by atoms with E-state index in [1.807, 2.05) is 0 Å². The fourth-order valence-electron chi connectivity index (χ4n) is 5.42. The maximum Gasteiger partial charge on any atom is 0.126 e. The molecule has 0 aromatic heterocycles. The highest BCUT2D eigenvalue weighted by Gasteiger charge is 2.36.